The van der Waals surface area contributed by atoms with E-state index in [4.69, 9.17) is 4.74 Å². The molecule has 0 bridgehead atoms. The van der Waals surface area contributed by atoms with E-state index in [0.717, 1.165) is 24.1 Å². The molecule has 1 heterocycles. The third-order valence-electron chi connectivity index (χ3n) is 2.68. The third kappa shape index (κ3) is 1.94. The van der Waals surface area contributed by atoms with Crippen LogP contribution in [0.25, 0.3) is 0 Å². The lowest BCUT2D eigenvalue weighted by atomic mass is 9.94. The monoisotopic (exact) mass is 216 g/mol. The van der Waals surface area contributed by atoms with Crippen molar-refractivity contribution < 1.29 is 17.9 Å². The van der Waals surface area contributed by atoms with Crippen molar-refractivity contribution in [1.29, 1.82) is 0 Å². The second-order valence-corrected chi connectivity index (χ2v) is 3.79. The summed E-state index contributed by atoms with van der Waals surface area (Å²) in [4.78, 5) is 0. The van der Waals surface area contributed by atoms with Gasteiger partial charge >= 0.3 is 6.18 Å². The second kappa shape index (κ2) is 3.43. The van der Waals surface area contributed by atoms with Crippen LogP contribution in [0.3, 0.4) is 0 Å². The standard InChI is InChI=1S/C11H11F3O/c1-7-4-5-15-10-6-8(11(12,13)14)2-3-9(7)10/h2-3,6-7H,4-5H2,1H3/t7-/m1/s1. The highest BCUT2D eigenvalue weighted by Crippen LogP contribution is 2.38. The van der Waals surface area contributed by atoms with E-state index in [2.05, 4.69) is 0 Å². The van der Waals surface area contributed by atoms with Gasteiger partial charge in [0, 0.05) is 0 Å². The molecule has 15 heavy (non-hydrogen) atoms. The summed E-state index contributed by atoms with van der Waals surface area (Å²) in [5, 5.41) is 0. The molecule has 1 aliphatic heterocycles. The fourth-order valence-electron chi connectivity index (χ4n) is 1.74. The normalized spacial score (nSPS) is 20.7. The molecule has 1 aromatic carbocycles. The number of hydrogen-bond acceptors (Lipinski definition) is 1. The van der Waals surface area contributed by atoms with E-state index in [1.165, 1.54) is 6.07 Å². The van der Waals surface area contributed by atoms with Gasteiger partial charge in [0.05, 0.1) is 12.2 Å². The zero-order valence-corrected chi connectivity index (χ0v) is 8.27. The van der Waals surface area contributed by atoms with Crippen LogP contribution >= 0.6 is 0 Å². The van der Waals surface area contributed by atoms with Gasteiger partial charge in [-0.2, -0.15) is 13.2 Å². The fourth-order valence-corrected chi connectivity index (χ4v) is 1.74. The highest BCUT2D eigenvalue weighted by atomic mass is 19.4. The van der Waals surface area contributed by atoms with Gasteiger partial charge in [-0.25, -0.2) is 0 Å². The average Bonchev–Trinajstić information content (AvgIpc) is 2.16. The third-order valence-corrected chi connectivity index (χ3v) is 2.68. The van der Waals surface area contributed by atoms with Gasteiger partial charge in [0.15, 0.2) is 0 Å². The molecule has 0 spiro atoms. The van der Waals surface area contributed by atoms with Crippen molar-refractivity contribution in [3.63, 3.8) is 0 Å². The first kappa shape index (κ1) is 10.3. The predicted octanol–water partition coefficient (Wildman–Crippen LogP) is 3.59. The molecule has 0 saturated heterocycles. The first-order chi connectivity index (χ1) is 6.98. The van der Waals surface area contributed by atoms with Crippen LogP contribution in [-0.2, 0) is 6.18 Å². The van der Waals surface area contributed by atoms with Crippen LogP contribution in [0.2, 0.25) is 0 Å². The lowest BCUT2D eigenvalue weighted by molar-refractivity contribution is -0.137. The molecule has 0 unspecified atom stereocenters. The van der Waals surface area contributed by atoms with Crippen molar-refractivity contribution >= 4 is 0 Å². The molecule has 0 aliphatic carbocycles. The van der Waals surface area contributed by atoms with E-state index in [-0.39, 0.29) is 5.92 Å². The molecule has 1 aliphatic rings. The minimum Gasteiger partial charge on any atom is -0.493 e. The number of rotatable bonds is 0. The Hall–Kier alpha value is -1.19. The van der Waals surface area contributed by atoms with Crippen LogP contribution in [0, 0.1) is 0 Å². The summed E-state index contributed by atoms with van der Waals surface area (Å²) in [6.07, 6.45) is -3.43. The van der Waals surface area contributed by atoms with E-state index >= 15 is 0 Å². The van der Waals surface area contributed by atoms with E-state index < -0.39 is 11.7 Å². The van der Waals surface area contributed by atoms with Gasteiger partial charge in [-0.15, -0.1) is 0 Å². The molecule has 4 heteroatoms. The minimum atomic E-state index is -4.29. The quantitative estimate of drug-likeness (QED) is 0.644. The number of ether oxygens (including phenoxy) is 1. The Morgan fingerprint density at radius 1 is 1.33 bits per heavy atom. The zero-order chi connectivity index (χ0) is 11.1. The van der Waals surface area contributed by atoms with E-state index in [1.54, 1.807) is 0 Å². The molecule has 0 radical (unpaired) electrons. The maximum absolute atomic E-state index is 12.4. The largest absolute Gasteiger partial charge is 0.493 e. The molecule has 0 aromatic heterocycles. The van der Waals surface area contributed by atoms with Crippen LogP contribution in [0.1, 0.15) is 30.4 Å². The van der Waals surface area contributed by atoms with Crippen molar-refractivity contribution in [3.8, 4) is 5.75 Å². The number of fused-ring (bicyclic) bond motifs is 1. The van der Waals surface area contributed by atoms with Crippen LogP contribution < -0.4 is 4.74 Å². The lowest BCUT2D eigenvalue weighted by Gasteiger charge is -2.23. The molecule has 1 aromatic rings. The lowest BCUT2D eigenvalue weighted by Crippen LogP contribution is -2.14. The van der Waals surface area contributed by atoms with Crippen molar-refractivity contribution in [3.05, 3.63) is 29.3 Å². The van der Waals surface area contributed by atoms with Crippen molar-refractivity contribution in [2.24, 2.45) is 0 Å². The first-order valence-electron chi connectivity index (χ1n) is 4.82. The Morgan fingerprint density at radius 2 is 2.07 bits per heavy atom. The fraction of sp³-hybridized carbons (Fsp3) is 0.455. The van der Waals surface area contributed by atoms with Crippen LogP contribution in [0.15, 0.2) is 18.2 Å². The number of benzene rings is 1. The van der Waals surface area contributed by atoms with Gasteiger partial charge in [-0.05, 0) is 30.0 Å². The molecule has 1 nitrogen and oxygen atoms in total. The Kier molecular flexibility index (Phi) is 2.37. The summed E-state index contributed by atoms with van der Waals surface area (Å²) in [7, 11) is 0. The molecule has 0 N–H and O–H groups in total. The molecule has 0 saturated carbocycles. The highest BCUT2D eigenvalue weighted by molar-refractivity contribution is 5.41. The molecule has 2 rings (SSSR count). The summed E-state index contributed by atoms with van der Waals surface area (Å²) in [6, 6.07) is 3.72. The Labute approximate surface area is 85.9 Å². The first-order valence-corrected chi connectivity index (χ1v) is 4.82. The smallest absolute Gasteiger partial charge is 0.416 e. The van der Waals surface area contributed by atoms with Crippen LogP contribution in [-0.4, -0.2) is 6.61 Å². The average molecular weight is 216 g/mol. The van der Waals surface area contributed by atoms with E-state index in [0.29, 0.717) is 12.4 Å². The van der Waals surface area contributed by atoms with Crippen molar-refractivity contribution in [2.45, 2.75) is 25.4 Å². The summed E-state index contributed by atoms with van der Waals surface area (Å²) in [6.45, 7) is 2.49. The molecular formula is C11H11F3O. The number of hydrogen-bond donors (Lipinski definition) is 0. The van der Waals surface area contributed by atoms with E-state index in [9.17, 15) is 13.2 Å². The summed E-state index contributed by atoms with van der Waals surface area (Å²) in [5.74, 6) is 0.652. The molecular weight excluding hydrogens is 205 g/mol. The van der Waals surface area contributed by atoms with Gasteiger partial charge < -0.3 is 4.74 Å². The summed E-state index contributed by atoms with van der Waals surface area (Å²) < 4.78 is 42.4. The minimum absolute atomic E-state index is 0.274. The molecule has 0 fully saturated rings. The summed E-state index contributed by atoms with van der Waals surface area (Å²) in [5.41, 5.74) is 0.226. The van der Waals surface area contributed by atoms with Gasteiger partial charge in [0.1, 0.15) is 5.75 Å². The van der Waals surface area contributed by atoms with Crippen molar-refractivity contribution in [1.82, 2.24) is 0 Å². The van der Waals surface area contributed by atoms with Gasteiger partial charge in [-0.1, -0.05) is 13.0 Å². The topological polar surface area (TPSA) is 9.23 Å². The number of halogens is 3. The second-order valence-electron chi connectivity index (χ2n) is 3.79. The predicted molar refractivity (Wildman–Crippen MR) is 50.0 cm³/mol. The van der Waals surface area contributed by atoms with Crippen molar-refractivity contribution in [2.75, 3.05) is 6.61 Å². The zero-order valence-electron chi connectivity index (χ0n) is 8.27. The Morgan fingerprint density at radius 3 is 2.73 bits per heavy atom. The Balaban J connectivity index is 2.42. The van der Waals surface area contributed by atoms with Gasteiger partial charge in [-0.3, -0.25) is 0 Å². The van der Waals surface area contributed by atoms with Gasteiger partial charge in [0.25, 0.3) is 0 Å². The molecule has 1 atom stereocenters. The molecule has 0 amide bonds. The maximum atomic E-state index is 12.4. The summed E-state index contributed by atoms with van der Waals surface area (Å²) >= 11 is 0. The van der Waals surface area contributed by atoms with Gasteiger partial charge in [0.2, 0.25) is 0 Å². The Bertz CT molecular complexity index is 371. The number of alkyl halides is 3. The molecule has 82 valence electrons. The highest BCUT2D eigenvalue weighted by Gasteiger charge is 2.32. The SMILES string of the molecule is C[C@@H]1CCOc2cc(C(F)(F)F)ccc21. The maximum Gasteiger partial charge on any atom is 0.416 e. The van der Waals surface area contributed by atoms with Crippen LogP contribution in [0.4, 0.5) is 13.2 Å². The van der Waals surface area contributed by atoms with Crippen LogP contribution in [0.5, 0.6) is 5.75 Å². The van der Waals surface area contributed by atoms with E-state index in [1.807, 2.05) is 6.92 Å².